The molecule has 3 aromatic rings. The van der Waals surface area contributed by atoms with E-state index in [0.29, 0.717) is 23.1 Å². The number of H-pyrrole nitrogens is 1. The van der Waals surface area contributed by atoms with Crippen molar-refractivity contribution in [2.24, 2.45) is 0 Å². The largest absolute Gasteiger partial charge is 0.339 e. The summed E-state index contributed by atoms with van der Waals surface area (Å²) < 4.78 is 5.48. The van der Waals surface area contributed by atoms with E-state index in [0.717, 1.165) is 61.2 Å². The van der Waals surface area contributed by atoms with Gasteiger partial charge in [-0.2, -0.15) is 10.1 Å². The fourth-order valence-corrected chi connectivity index (χ4v) is 4.29. The van der Waals surface area contributed by atoms with E-state index in [1.165, 1.54) is 12.8 Å². The fourth-order valence-electron chi connectivity index (χ4n) is 4.29. The van der Waals surface area contributed by atoms with Crippen LogP contribution in [0.15, 0.2) is 28.8 Å². The van der Waals surface area contributed by atoms with Crippen LogP contribution in [0, 0.1) is 0 Å². The summed E-state index contributed by atoms with van der Waals surface area (Å²) in [6, 6.07) is 7.55. The Hall–Kier alpha value is -2.96. The van der Waals surface area contributed by atoms with Gasteiger partial charge in [-0.3, -0.25) is 9.89 Å². The molecule has 2 N–H and O–H groups in total. The lowest BCUT2D eigenvalue weighted by Crippen LogP contribution is -2.15. The summed E-state index contributed by atoms with van der Waals surface area (Å²) in [5, 5.41) is 14.4. The number of benzene rings is 1. The van der Waals surface area contributed by atoms with Gasteiger partial charge in [0.25, 0.3) is 5.91 Å². The summed E-state index contributed by atoms with van der Waals surface area (Å²) in [5.41, 5.74) is 4.18. The highest BCUT2D eigenvalue weighted by Gasteiger charge is 2.24. The molecule has 2 heterocycles. The zero-order valence-electron chi connectivity index (χ0n) is 15.7. The number of aryl methyl sites for hydroxylation is 1. The van der Waals surface area contributed by atoms with Crippen molar-refractivity contribution in [1.82, 2.24) is 20.3 Å². The Labute approximate surface area is 162 Å². The summed E-state index contributed by atoms with van der Waals surface area (Å²) in [4.78, 5) is 17.3. The molecule has 0 bridgehead atoms. The second-order valence-corrected chi connectivity index (χ2v) is 7.71. The third-order valence-electron chi connectivity index (χ3n) is 5.80. The van der Waals surface area contributed by atoms with Crippen molar-refractivity contribution in [3.8, 4) is 11.4 Å². The van der Waals surface area contributed by atoms with Crippen LogP contribution in [-0.4, -0.2) is 26.2 Å². The molecular weight excluding hydrogens is 354 g/mol. The maximum Gasteiger partial charge on any atom is 0.276 e. The summed E-state index contributed by atoms with van der Waals surface area (Å²) in [6.45, 7) is 0. The SMILES string of the molecule is O=C(Nc1cccc(-c2noc(C3CCCC3)n2)c1)c1n[nH]c2c1CCCC2. The molecule has 0 unspecified atom stereocenters. The van der Waals surface area contributed by atoms with Crippen molar-refractivity contribution in [2.75, 3.05) is 5.32 Å². The van der Waals surface area contributed by atoms with E-state index in [1.807, 2.05) is 24.3 Å². The molecular formula is C21H23N5O2. The standard InChI is InChI=1S/C21H23N5O2/c27-20(18-16-10-3-4-11-17(16)24-25-18)22-15-9-5-8-14(12-15)19-23-21(28-26-19)13-6-1-2-7-13/h5,8-9,12-13H,1-4,6-7,10-11H2,(H,22,27)(H,24,25). The molecule has 7 heteroatoms. The van der Waals surface area contributed by atoms with Crippen molar-refractivity contribution in [2.45, 2.75) is 57.3 Å². The lowest BCUT2D eigenvalue weighted by Gasteiger charge is -2.11. The van der Waals surface area contributed by atoms with E-state index in [4.69, 9.17) is 4.52 Å². The van der Waals surface area contributed by atoms with E-state index in [2.05, 4.69) is 25.7 Å². The number of nitrogens with one attached hydrogen (secondary N) is 2. The minimum absolute atomic E-state index is 0.184. The average molecular weight is 377 g/mol. The number of aromatic nitrogens is 4. The number of hydrogen-bond acceptors (Lipinski definition) is 5. The van der Waals surface area contributed by atoms with Crippen molar-refractivity contribution in [1.29, 1.82) is 0 Å². The summed E-state index contributed by atoms with van der Waals surface area (Å²) in [6.07, 6.45) is 8.79. The zero-order valence-corrected chi connectivity index (χ0v) is 15.7. The van der Waals surface area contributed by atoms with E-state index in [1.54, 1.807) is 0 Å². The second-order valence-electron chi connectivity index (χ2n) is 7.71. The van der Waals surface area contributed by atoms with Crippen LogP contribution in [0.25, 0.3) is 11.4 Å². The minimum atomic E-state index is -0.184. The minimum Gasteiger partial charge on any atom is -0.339 e. The van der Waals surface area contributed by atoms with E-state index in [-0.39, 0.29) is 5.91 Å². The molecule has 0 spiro atoms. The lowest BCUT2D eigenvalue weighted by atomic mass is 9.96. The van der Waals surface area contributed by atoms with Crippen LogP contribution in [0.4, 0.5) is 5.69 Å². The number of carbonyl (C=O) groups is 1. The highest BCUT2D eigenvalue weighted by Crippen LogP contribution is 2.34. The van der Waals surface area contributed by atoms with Gasteiger partial charge in [-0.15, -0.1) is 0 Å². The van der Waals surface area contributed by atoms with Gasteiger partial charge >= 0.3 is 0 Å². The predicted octanol–water partition coefficient (Wildman–Crippen LogP) is 4.25. The first-order chi connectivity index (χ1) is 13.8. The number of rotatable bonds is 4. The molecule has 1 amide bonds. The van der Waals surface area contributed by atoms with Crippen molar-refractivity contribution in [3.63, 3.8) is 0 Å². The van der Waals surface area contributed by atoms with Crippen LogP contribution in [0.5, 0.6) is 0 Å². The van der Waals surface area contributed by atoms with Crippen LogP contribution in [-0.2, 0) is 12.8 Å². The van der Waals surface area contributed by atoms with E-state index in [9.17, 15) is 4.79 Å². The smallest absolute Gasteiger partial charge is 0.276 e. The Morgan fingerprint density at radius 2 is 2.00 bits per heavy atom. The van der Waals surface area contributed by atoms with Gasteiger partial charge in [-0.25, -0.2) is 0 Å². The molecule has 0 atom stereocenters. The maximum atomic E-state index is 12.7. The number of carbonyl (C=O) groups excluding carboxylic acids is 1. The first-order valence-electron chi connectivity index (χ1n) is 10.1. The molecule has 144 valence electrons. The first kappa shape index (κ1) is 17.2. The van der Waals surface area contributed by atoms with E-state index >= 15 is 0 Å². The van der Waals surface area contributed by atoms with Crippen molar-refractivity contribution >= 4 is 11.6 Å². The number of anilines is 1. The van der Waals surface area contributed by atoms with Gasteiger partial charge < -0.3 is 9.84 Å². The Morgan fingerprint density at radius 1 is 1.14 bits per heavy atom. The molecule has 2 aromatic heterocycles. The second kappa shape index (κ2) is 7.22. The molecule has 0 aliphatic heterocycles. The summed E-state index contributed by atoms with van der Waals surface area (Å²) in [7, 11) is 0. The van der Waals surface area contributed by atoms with Gasteiger partial charge in [0.1, 0.15) is 0 Å². The zero-order chi connectivity index (χ0) is 18.9. The van der Waals surface area contributed by atoms with Crippen molar-refractivity contribution < 1.29 is 9.32 Å². The molecule has 0 saturated heterocycles. The molecule has 2 aliphatic carbocycles. The highest BCUT2D eigenvalue weighted by atomic mass is 16.5. The molecule has 7 nitrogen and oxygen atoms in total. The van der Waals surface area contributed by atoms with Crippen LogP contribution in [0.1, 0.15) is 72.1 Å². The van der Waals surface area contributed by atoms with Gasteiger partial charge in [0.05, 0.1) is 0 Å². The van der Waals surface area contributed by atoms with Gasteiger partial charge in [-0.05, 0) is 50.7 Å². The number of amides is 1. The average Bonchev–Trinajstić information content (AvgIpc) is 3.48. The molecule has 1 aromatic carbocycles. The normalized spacial score (nSPS) is 16.9. The highest BCUT2D eigenvalue weighted by molar-refractivity contribution is 6.04. The topological polar surface area (TPSA) is 96.7 Å². The number of fused-ring (bicyclic) bond motifs is 1. The quantitative estimate of drug-likeness (QED) is 0.708. The summed E-state index contributed by atoms with van der Waals surface area (Å²) >= 11 is 0. The van der Waals surface area contributed by atoms with Crippen LogP contribution >= 0.6 is 0 Å². The van der Waals surface area contributed by atoms with Crippen LogP contribution < -0.4 is 5.32 Å². The third-order valence-corrected chi connectivity index (χ3v) is 5.80. The molecule has 1 fully saturated rings. The molecule has 1 saturated carbocycles. The first-order valence-corrected chi connectivity index (χ1v) is 10.1. The maximum absolute atomic E-state index is 12.7. The number of hydrogen-bond donors (Lipinski definition) is 2. The van der Waals surface area contributed by atoms with Crippen LogP contribution in [0.3, 0.4) is 0 Å². The van der Waals surface area contributed by atoms with Crippen molar-refractivity contribution in [3.05, 3.63) is 47.1 Å². The van der Waals surface area contributed by atoms with Gasteiger partial charge in [-0.1, -0.05) is 30.1 Å². The van der Waals surface area contributed by atoms with Gasteiger partial charge in [0.15, 0.2) is 5.69 Å². The Morgan fingerprint density at radius 3 is 2.89 bits per heavy atom. The fraction of sp³-hybridized carbons (Fsp3) is 0.429. The van der Waals surface area contributed by atoms with Gasteiger partial charge in [0.2, 0.25) is 11.7 Å². The number of nitrogens with zero attached hydrogens (tertiary/aromatic N) is 3. The summed E-state index contributed by atoms with van der Waals surface area (Å²) in [5.74, 6) is 1.49. The lowest BCUT2D eigenvalue weighted by molar-refractivity contribution is 0.102. The molecule has 5 rings (SSSR count). The van der Waals surface area contributed by atoms with Gasteiger partial charge in [0, 0.05) is 28.4 Å². The molecule has 2 aliphatic rings. The Balaban J connectivity index is 1.34. The number of aromatic amines is 1. The monoisotopic (exact) mass is 377 g/mol. The Bertz CT molecular complexity index is 1000. The Kier molecular flexibility index (Phi) is 4.43. The molecule has 28 heavy (non-hydrogen) atoms. The molecule has 0 radical (unpaired) electrons. The van der Waals surface area contributed by atoms with E-state index < -0.39 is 0 Å². The third kappa shape index (κ3) is 3.21. The van der Waals surface area contributed by atoms with Crippen LogP contribution in [0.2, 0.25) is 0 Å². The predicted molar refractivity (Wildman–Crippen MR) is 104 cm³/mol.